The van der Waals surface area contributed by atoms with Gasteiger partial charge in [-0.1, -0.05) is 0 Å². The highest BCUT2D eigenvalue weighted by Crippen LogP contribution is 2.57. The van der Waals surface area contributed by atoms with Crippen LogP contribution in [0.25, 0.3) is 0 Å². The molecule has 0 spiro atoms. The Hall–Kier alpha value is -1.02. The lowest BCUT2D eigenvalue weighted by molar-refractivity contribution is -0.442. The van der Waals surface area contributed by atoms with E-state index in [1.54, 1.807) is 0 Å². The zero-order valence-electron chi connectivity index (χ0n) is 9.97. The normalized spacial score (nSPS) is 18.3. The van der Waals surface area contributed by atoms with Gasteiger partial charge in [0.2, 0.25) is 6.17 Å². The van der Waals surface area contributed by atoms with Crippen molar-refractivity contribution in [2.24, 2.45) is 0 Å². The standard InChI is InChI=1S/C8H4F14O/c9-1(3(11)12)2(10)4(13,14)5(15,16)6(17,18)7(19,20)8(21,22)23/h1-3,23H. The monoisotopic (exact) mass is 382 g/mol. The zero-order valence-corrected chi connectivity index (χ0v) is 9.97. The van der Waals surface area contributed by atoms with E-state index in [1.165, 1.54) is 0 Å². The molecule has 2 unspecified atom stereocenters. The highest BCUT2D eigenvalue weighted by Gasteiger charge is 2.88. The Kier molecular flexibility index (Phi) is 5.55. The Morgan fingerprint density at radius 3 is 1.17 bits per heavy atom. The van der Waals surface area contributed by atoms with Crippen LogP contribution < -0.4 is 0 Å². The average molecular weight is 382 g/mol. The van der Waals surface area contributed by atoms with Gasteiger partial charge in [0.1, 0.15) is 0 Å². The number of hydrogen-bond donors (Lipinski definition) is 1. The Balaban J connectivity index is 6.04. The summed E-state index contributed by atoms with van der Waals surface area (Å²) in [6, 6.07) is 0. The molecule has 1 N–H and O–H groups in total. The highest BCUT2D eigenvalue weighted by atomic mass is 19.4. The maximum absolute atomic E-state index is 12.8. The zero-order chi connectivity index (χ0) is 19.2. The molecule has 23 heavy (non-hydrogen) atoms. The summed E-state index contributed by atoms with van der Waals surface area (Å²) in [4.78, 5) is 0. The minimum Gasteiger partial charge on any atom is -0.331 e. The molecule has 15 heteroatoms. The van der Waals surface area contributed by atoms with Crippen molar-refractivity contribution in [3.63, 3.8) is 0 Å². The summed E-state index contributed by atoms with van der Waals surface area (Å²) in [6.07, 6.45) is -22.0. The molecule has 0 radical (unpaired) electrons. The minimum absolute atomic E-state index is 4.75. The van der Waals surface area contributed by atoms with Gasteiger partial charge in [-0.05, 0) is 0 Å². The first kappa shape index (κ1) is 22.0. The fourth-order valence-corrected chi connectivity index (χ4v) is 1.10. The van der Waals surface area contributed by atoms with Crippen LogP contribution in [0.1, 0.15) is 0 Å². The molecule has 2 atom stereocenters. The SMILES string of the molecule is OC(F)(F)C(F)(F)C(F)(F)C(F)(F)C(F)(F)C(F)C(F)C(F)F. The smallest absolute Gasteiger partial charge is 0.331 e. The van der Waals surface area contributed by atoms with Gasteiger partial charge in [-0.25, -0.2) is 17.6 Å². The molecule has 0 aromatic rings. The topological polar surface area (TPSA) is 20.2 Å². The van der Waals surface area contributed by atoms with E-state index in [0.29, 0.717) is 0 Å². The molecular formula is C8H4F14O. The molecule has 0 heterocycles. The third-order valence-electron chi connectivity index (χ3n) is 2.45. The summed E-state index contributed by atoms with van der Waals surface area (Å²) in [5.41, 5.74) is 0. The third-order valence-corrected chi connectivity index (χ3v) is 2.45. The minimum atomic E-state index is -7.85. The number of hydrogen-bond acceptors (Lipinski definition) is 1. The van der Waals surface area contributed by atoms with E-state index in [2.05, 4.69) is 0 Å². The van der Waals surface area contributed by atoms with Crippen LogP contribution in [-0.4, -0.2) is 53.7 Å². The lowest BCUT2D eigenvalue weighted by Gasteiger charge is -2.39. The van der Waals surface area contributed by atoms with E-state index in [1.807, 2.05) is 0 Å². The summed E-state index contributed by atoms with van der Waals surface area (Å²) >= 11 is 0. The van der Waals surface area contributed by atoms with Gasteiger partial charge >= 0.3 is 29.8 Å². The molecule has 0 bridgehead atoms. The van der Waals surface area contributed by atoms with Crippen LogP contribution in [-0.2, 0) is 0 Å². The lowest BCUT2D eigenvalue weighted by atomic mass is 9.93. The van der Waals surface area contributed by atoms with E-state index in [-0.39, 0.29) is 0 Å². The lowest BCUT2D eigenvalue weighted by Crippen LogP contribution is -2.69. The molecule has 0 aliphatic carbocycles. The van der Waals surface area contributed by atoms with Gasteiger partial charge in [0, 0.05) is 0 Å². The van der Waals surface area contributed by atoms with E-state index in [0.717, 1.165) is 0 Å². The van der Waals surface area contributed by atoms with E-state index in [4.69, 9.17) is 5.11 Å². The first-order chi connectivity index (χ1) is 9.76. The fraction of sp³-hybridized carbons (Fsp3) is 1.00. The van der Waals surface area contributed by atoms with Gasteiger partial charge in [-0.2, -0.15) is 43.9 Å². The maximum atomic E-state index is 12.8. The molecule has 0 aromatic carbocycles. The Bertz CT molecular complexity index is 411. The summed E-state index contributed by atoms with van der Waals surface area (Å²) in [5, 5.41) is 7.42. The molecule has 0 aliphatic rings. The van der Waals surface area contributed by atoms with Crippen molar-refractivity contribution in [1.82, 2.24) is 0 Å². The van der Waals surface area contributed by atoms with Crippen LogP contribution in [0.4, 0.5) is 61.5 Å². The second kappa shape index (κ2) is 5.81. The predicted octanol–water partition coefficient (Wildman–Crippen LogP) is 4.05. The largest absolute Gasteiger partial charge is 0.423 e. The summed E-state index contributed by atoms with van der Waals surface area (Å²) in [5.74, 6) is -30.5. The second-order valence-corrected chi connectivity index (χ2v) is 4.07. The van der Waals surface area contributed by atoms with Crippen LogP contribution in [0.3, 0.4) is 0 Å². The van der Waals surface area contributed by atoms with Crippen molar-refractivity contribution in [2.75, 3.05) is 0 Å². The second-order valence-electron chi connectivity index (χ2n) is 4.07. The molecule has 0 aromatic heterocycles. The van der Waals surface area contributed by atoms with Crippen LogP contribution in [0.5, 0.6) is 0 Å². The quantitative estimate of drug-likeness (QED) is 0.659. The first-order valence-corrected chi connectivity index (χ1v) is 4.94. The van der Waals surface area contributed by atoms with Crippen molar-refractivity contribution in [2.45, 2.75) is 48.6 Å². The summed E-state index contributed by atoms with van der Waals surface area (Å²) < 4.78 is 173. The Morgan fingerprint density at radius 1 is 0.565 bits per heavy atom. The van der Waals surface area contributed by atoms with Crippen LogP contribution in [0.2, 0.25) is 0 Å². The predicted molar refractivity (Wildman–Crippen MR) is 42.7 cm³/mol. The molecule has 1 nitrogen and oxygen atoms in total. The van der Waals surface area contributed by atoms with E-state index < -0.39 is 48.6 Å². The van der Waals surface area contributed by atoms with Crippen LogP contribution >= 0.6 is 0 Å². The van der Waals surface area contributed by atoms with Crippen LogP contribution in [0.15, 0.2) is 0 Å². The maximum Gasteiger partial charge on any atom is 0.423 e. The summed E-state index contributed by atoms with van der Waals surface area (Å²) in [7, 11) is 0. The van der Waals surface area contributed by atoms with E-state index >= 15 is 0 Å². The molecular weight excluding hydrogens is 378 g/mol. The molecule has 0 amide bonds. The van der Waals surface area contributed by atoms with Gasteiger partial charge in [0.15, 0.2) is 6.17 Å². The molecule has 0 rings (SSSR count). The van der Waals surface area contributed by atoms with Crippen molar-refractivity contribution >= 4 is 0 Å². The Labute approximate surface area is 116 Å². The number of halogens is 14. The molecule has 0 fully saturated rings. The van der Waals surface area contributed by atoms with Gasteiger partial charge < -0.3 is 5.11 Å². The van der Waals surface area contributed by atoms with Crippen molar-refractivity contribution in [3.05, 3.63) is 0 Å². The van der Waals surface area contributed by atoms with Crippen molar-refractivity contribution in [3.8, 4) is 0 Å². The average Bonchev–Trinajstić information content (AvgIpc) is 2.34. The highest BCUT2D eigenvalue weighted by molar-refractivity contribution is 5.09. The first-order valence-electron chi connectivity index (χ1n) is 4.94. The van der Waals surface area contributed by atoms with Gasteiger partial charge in [0.25, 0.3) is 6.43 Å². The van der Waals surface area contributed by atoms with Crippen LogP contribution in [0, 0.1) is 0 Å². The van der Waals surface area contributed by atoms with Crippen molar-refractivity contribution in [1.29, 1.82) is 0 Å². The third kappa shape index (κ3) is 3.15. The Morgan fingerprint density at radius 2 is 0.913 bits per heavy atom. The van der Waals surface area contributed by atoms with Gasteiger partial charge in [-0.15, -0.1) is 0 Å². The van der Waals surface area contributed by atoms with Crippen molar-refractivity contribution < 1.29 is 66.6 Å². The molecule has 140 valence electrons. The number of aliphatic hydroxyl groups is 1. The van der Waals surface area contributed by atoms with Gasteiger partial charge in [0.05, 0.1) is 0 Å². The summed E-state index contributed by atoms with van der Waals surface area (Å²) in [6.45, 7) is 0. The fourth-order valence-electron chi connectivity index (χ4n) is 1.10. The molecule has 0 aliphatic heterocycles. The molecule has 0 saturated carbocycles. The number of alkyl halides is 14. The molecule has 0 saturated heterocycles. The van der Waals surface area contributed by atoms with E-state index in [9.17, 15) is 61.5 Å². The van der Waals surface area contributed by atoms with Gasteiger partial charge in [-0.3, -0.25) is 0 Å². The number of rotatable bonds is 7.